The number of aromatic nitrogens is 2. The van der Waals surface area contributed by atoms with Crippen LogP contribution in [0.1, 0.15) is 11.8 Å². The van der Waals surface area contributed by atoms with Crippen molar-refractivity contribution >= 4 is 27.9 Å². The molecule has 0 bridgehead atoms. The van der Waals surface area contributed by atoms with E-state index in [1.165, 1.54) is 10.4 Å². The summed E-state index contributed by atoms with van der Waals surface area (Å²) in [6.45, 7) is 5.03. The molecule has 96 valence electrons. The van der Waals surface area contributed by atoms with E-state index in [0.29, 0.717) is 0 Å². The van der Waals surface area contributed by atoms with Crippen molar-refractivity contribution in [3.8, 4) is 11.3 Å². The van der Waals surface area contributed by atoms with Gasteiger partial charge in [-0.15, -0.1) is 21.5 Å². The summed E-state index contributed by atoms with van der Waals surface area (Å²) >= 11 is 1.74. The molecule has 2 aromatic heterocycles. The topological polar surface area (TPSA) is 37.8 Å². The highest BCUT2D eigenvalue weighted by atomic mass is 32.1. The van der Waals surface area contributed by atoms with E-state index in [2.05, 4.69) is 52.9 Å². The van der Waals surface area contributed by atoms with Gasteiger partial charge >= 0.3 is 0 Å². The van der Waals surface area contributed by atoms with Crippen LogP contribution in [0.2, 0.25) is 0 Å². The van der Waals surface area contributed by atoms with Crippen LogP contribution in [-0.2, 0) is 0 Å². The summed E-state index contributed by atoms with van der Waals surface area (Å²) in [7, 11) is 0. The molecule has 19 heavy (non-hydrogen) atoms. The van der Waals surface area contributed by atoms with Gasteiger partial charge in [-0.2, -0.15) is 0 Å². The zero-order chi connectivity index (χ0) is 13.2. The lowest BCUT2D eigenvalue weighted by atomic mass is 10.1. The van der Waals surface area contributed by atoms with Crippen molar-refractivity contribution in [2.24, 2.45) is 0 Å². The number of aryl methyl sites for hydroxylation is 1. The summed E-state index contributed by atoms with van der Waals surface area (Å²) in [4.78, 5) is 1.27. The zero-order valence-electron chi connectivity index (χ0n) is 11.0. The average Bonchev–Trinajstić information content (AvgIpc) is 2.86. The Labute approximate surface area is 116 Å². The first-order valence-electron chi connectivity index (χ1n) is 6.35. The molecule has 0 fully saturated rings. The molecule has 0 radical (unpaired) electrons. The minimum Gasteiger partial charge on any atom is -0.368 e. The van der Waals surface area contributed by atoms with E-state index in [9.17, 15) is 0 Å². The predicted octanol–water partition coefficient (Wildman–Crippen LogP) is 4.10. The highest BCUT2D eigenvalue weighted by molar-refractivity contribution is 7.10. The Balaban J connectivity index is 2.28. The third kappa shape index (κ3) is 2.08. The first-order chi connectivity index (χ1) is 9.31. The number of hydrogen-bond donors (Lipinski definition) is 1. The predicted molar refractivity (Wildman–Crippen MR) is 81.8 cm³/mol. The van der Waals surface area contributed by atoms with Gasteiger partial charge in [0.25, 0.3) is 0 Å². The smallest absolute Gasteiger partial charge is 0.156 e. The molecule has 3 aromatic rings. The van der Waals surface area contributed by atoms with Crippen molar-refractivity contribution in [2.75, 3.05) is 11.9 Å². The molecule has 0 spiro atoms. The number of rotatable bonds is 3. The lowest BCUT2D eigenvalue weighted by Gasteiger charge is -2.09. The largest absolute Gasteiger partial charge is 0.368 e. The minimum atomic E-state index is 0.843. The van der Waals surface area contributed by atoms with Crippen LogP contribution >= 0.6 is 11.3 Å². The van der Waals surface area contributed by atoms with Crippen molar-refractivity contribution in [1.82, 2.24) is 10.2 Å². The fourth-order valence-electron chi connectivity index (χ4n) is 2.23. The van der Waals surface area contributed by atoms with Gasteiger partial charge in [0, 0.05) is 27.8 Å². The Morgan fingerprint density at radius 3 is 2.58 bits per heavy atom. The van der Waals surface area contributed by atoms with Gasteiger partial charge in [-0.3, -0.25) is 0 Å². The van der Waals surface area contributed by atoms with Gasteiger partial charge in [0.05, 0.1) is 0 Å². The average molecular weight is 269 g/mol. The molecule has 3 rings (SSSR count). The summed E-state index contributed by atoms with van der Waals surface area (Å²) in [6.07, 6.45) is 0. The molecule has 3 nitrogen and oxygen atoms in total. The number of nitrogens with one attached hydrogen (secondary N) is 1. The maximum atomic E-state index is 4.42. The van der Waals surface area contributed by atoms with Crippen LogP contribution < -0.4 is 5.32 Å². The summed E-state index contributed by atoms with van der Waals surface area (Å²) in [5.74, 6) is 0.856. The number of nitrogens with zero attached hydrogens (tertiary/aromatic N) is 2. The zero-order valence-corrected chi connectivity index (χ0v) is 11.8. The highest BCUT2D eigenvalue weighted by Crippen LogP contribution is 2.33. The third-order valence-corrected chi connectivity index (χ3v) is 3.99. The first-order valence-corrected chi connectivity index (χ1v) is 7.23. The molecule has 0 aliphatic rings. The number of hydrogen-bond acceptors (Lipinski definition) is 4. The van der Waals surface area contributed by atoms with Crippen LogP contribution in [0.25, 0.3) is 22.0 Å². The number of benzene rings is 1. The Kier molecular flexibility index (Phi) is 3.17. The van der Waals surface area contributed by atoms with E-state index in [-0.39, 0.29) is 0 Å². The van der Waals surface area contributed by atoms with Crippen molar-refractivity contribution in [3.63, 3.8) is 0 Å². The maximum absolute atomic E-state index is 4.42. The minimum absolute atomic E-state index is 0.843. The maximum Gasteiger partial charge on any atom is 0.156 e. The van der Waals surface area contributed by atoms with Crippen LogP contribution in [-0.4, -0.2) is 16.7 Å². The Hall–Kier alpha value is -1.94. The summed E-state index contributed by atoms with van der Waals surface area (Å²) < 4.78 is 0. The van der Waals surface area contributed by atoms with E-state index in [1.807, 2.05) is 12.1 Å². The van der Waals surface area contributed by atoms with Gasteiger partial charge in [0.2, 0.25) is 0 Å². The van der Waals surface area contributed by atoms with Gasteiger partial charge < -0.3 is 5.32 Å². The van der Waals surface area contributed by atoms with E-state index in [1.54, 1.807) is 11.3 Å². The monoisotopic (exact) mass is 269 g/mol. The molecule has 0 unspecified atom stereocenters. The standard InChI is InChI=1S/C15H15N3S/c1-3-16-15-13-7-5-4-6-12(13)14(17-18-15)11-8-9-19-10(11)2/h4-9H,3H2,1-2H3,(H,16,18). The second kappa shape index (κ2) is 4.97. The molecule has 4 heteroatoms. The fourth-order valence-corrected chi connectivity index (χ4v) is 2.93. The fraction of sp³-hybridized carbons (Fsp3) is 0.200. The second-order valence-electron chi connectivity index (χ2n) is 4.36. The van der Waals surface area contributed by atoms with Crippen molar-refractivity contribution in [3.05, 3.63) is 40.6 Å². The SMILES string of the molecule is CCNc1nnc(-c2ccsc2C)c2ccccc12. The normalized spacial score (nSPS) is 10.8. The van der Waals surface area contributed by atoms with Crippen molar-refractivity contribution < 1.29 is 0 Å². The van der Waals surface area contributed by atoms with E-state index in [0.717, 1.165) is 28.8 Å². The first kappa shape index (κ1) is 12.1. The van der Waals surface area contributed by atoms with E-state index < -0.39 is 0 Å². The quantitative estimate of drug-likeness (QED) is 0.778. The molecule has 2 heterocycles. The molecule has 0 saturated carbocycles. The lowest BCUT2D eigenvalue weighted by Crippen LogP contribution is -2.02. The molecule has 0 aliphatic heterocycles. The van der Waals surface area contributed by atoms with Crippen LogP contribution in [0, 0.1) is 6.92 Å². The lowest BCUT2D eigenvalue weighted by molar-refractivity contribution is 1.03. The molecule has 1 N–H and O–H groups in total. The van der Waals surface area contributed by atoms with E-state index >= 15 is 0 Å². The molecule has 0 amide bonds. The molecule has 0 saturated heterocycles. The second-order valence-corrected chi connectivity index (χ2v) is 5.48. The van der Waals surface area contributed by atoms with Crippen molar-refractivity contribution in [2.45, 2.75) is 13.8 Å². The summed E-state index contributed by atoms with van der Waals surface area (Å²) in [5, 5.41) is 16.4. The van der Waals surface area contributed by atoms with Gasteiger partial charge in [0.15, 0.2) is 5.82 Å². The van der Waals surface area contributed by atoms with Gasteiger partial charge in [-0.25, -0.2) is 0 Å². The summed E-state index contributed by atoms with van der Waals surface area (Å²) in [5.41, 5.74) is 2.15. The van der Waals surface area contributed by atoms with Crippen LogP contribution in [0.15, 0.2) is 35.7 Å². The number of fused-ring (bicyclic) bond motifs is 1. The molecular weight excluding hydrogens is 254 g/mol. The highest BCUT2D eigenvalue weighted by Gasteiger charge is 2.12. The van der Waals surface area contributed by atoms with E-state index in [4.69, 9.17) is 0 Å². The number of thiophene rings is 1. The van der Waals surface area contributed by atoms with Crippen LogP contribution in [0.4, 0.5) is 5.82 Å². The van der Waals surface area contributed by atoms with Gasteiger partial charge in [-0.05, 0) is 25.3 Å². The van der Waals surface area contributed by atoms with Gasteiger partial charge in [0.1, 0.15) is 5.69 Å². The van der Waals surface area contributed by atoms with Crippen LogP contribution in [0.5, 0.6) is 0 Å². The summed E-state index contributed by atoms with van der Waals surface area (Å²) in [6, 6.07) is 10.4. The number of anilines is 1. The van der Waals surface area contributed by atoms with Crippen molar-refractivity contribution in [1.29, 1.82) is 0 Å². The Bertz CT molecular complexity index is 718. The third-order valence-electron chi connectivity index (χ3n) is 3.15. The molecular formula is C15H15N3S. The van der Waals surface area contributed by atoms with Gasteiger partial charge in [-0.1, -0.05) is 24.3 Å². The Morgan fingerprint density at radius 1 is 1.11 bits per heavy atom. The van der Waals surface area contributed by atoms with Crippen LogP contribution in [0.3, 0.4) is 0 Å². The molecule has 1 aromatic carbocycles. The molecule has 0 atom stereocenters. The Morgan fingerprint density at radius 2 is 1.89 bits per heavy atom. The molecule has 0 aliphatic carbocycles.